The van der Waals surface area contributed by atoms with Gasteiger partial charge in [-0.15, -0.1) is 0 Å². The molecule has 14 aromatic rings. The number of fused-ring (bicyclic) bond motifs is 10. The SMILES string of the molecule is COC(=O)c1cccc2[nH]c([C@@H](C)C3CCC(c4c(F)ccc5ncccc45)CC3)nc12.C[C@@H](c1nc2c(ccc3ccccc32)[nH]1)C1CCC(c2ccnc3ccc(F)cc23)CC1.C[C@H](c1nc2c(ccc3ccccc32)[nH]1)C1CCC(c2ccnc3ccc(F)cc23)CC1. The molecule has 3 saturated carbocycles. The number of hydrogen-bond donors (Lipinski definition) is 3. The molecular formula is C82H78F3N9O2. The van der Waals surface area contributed by atoms with Gasteiger partial charge in [0.1, 0.15) is 40.4 Å². The number of hydrogen-bond acceptors (Lipinski definition) is 8. The van der Waals surface area contributed by atoms with Gasteiger partial charge in [-0.05, 0) is 225 Å². The molecule has 6 heterocycles. The van der Waals surface area contributed by atoms with Crippen LogP contribution in [0.15, 0.2) is 182 Å². The van der Waals surface area contributed by atoms with Crippen molar-refractivity contribution in [2.24, 2.45) is 17.8 Å². The lowest BCUT2D eigenvalue weighted by molar-refractivity contribution is 0.0602. The Kier molecular flexibility index (Phi) is 17.4. The van der Waals surface area contributed by atoms with Crippen LogP contribution in [0.5, 0.6) is 0 Å². The monoisotopic (exact) mass is 1280 g/mol. The van der Waals surface area contributed by atoms with Crippen molar-refractivity contribution in [2.75, 3.05) is 7.11 Å². The van der Waals surface area contributed by atoms with E-state index in [1.165, 1.54) is 51.9 Å². The summed E-state index contributed by atoms with van der Waals surface area (Å²) in [6, 6.07) is 52.2. The quantitative estimate of drug-likeness (QED) is 0.115. The Morgan fingerprint density at radius 2 is 0.844 bits per heavy atom. The standard InChI is InChI=1S/2C28H26FN3.C26H26FN3O2/c2*1-17(28-31-26-12-10-19-4-2-3-5-23(19)27(26)32-28)18-6-8-20(9-7-18)22-14-15-30-25-13-11-21(29)16-24(22)25;1-15(25-29-22-7-3-5-19(24(22)30-25)26(31)32-2)16-8-10-17(11-9-16)23-18-6-4-14-28-21(18)13-12-20(23)27/h2*2-5,10-18,20H,6-9H2,1H3,(H,31,32);3-7,12-17H,8-11H2,1-2H3,(H,29,30)/t2*17-,18?,20?;15-,16?,17?/m100/s1. The van der Waals surface area contributed by atoms with Gasteiger partial charge < -0.3 is 19.7 Å². The van der Waals surface area contributed by atoms with E-state index in [0.29, 0.717) is 52.5 Å². The van der Waals surface area contributed by atoms with Gasteiger partial charge in [-0.25, -0.2) is 32.9 Å². The highest BCUT2D eigenvalue weighted by atomic mass is 19.1. The van der Waals surface area contributed by atoms with Crippen LogP contribution in [-0.4, -0.2) is 57.9 Å². The minimum Gasteiger partial charge on any atom is -0.465 e. The Labute approximate surface area is 555 Å². The van der Waals surface area contributed by atoms with E-state index >= 15 is 0 Å². The second kappa shape index (κ2) is 26.8. The number of carbonyl (C=O) groups is 1. The first-order valence-corrected chi connectivity index (χ1v) is 34.3. The molecule has 3 aliphatic carbocycles. The van der Waals surface area contributed by atoms with Crippen LogP contribution >= 0.6 is 0 Å². The van der Waals surface area contributed by atoms with Crippen molar-refractivity contribution in [2.45, 2.75) is 133 Å². The number of carbonyl (C=O) groups excluding carboxylic acids is 1. The maximum Gasteiger partial charge on any atom is 0.340 e. The van der Waals surface area contributed by atoms with Gasteiger partial charge in [0.2, 0.25) is 0 Å². The summed E-state index contributed by atoms with van der Waals surface area (Å²) < 4.78 is 47.5. The van der Waals surface area contributed by atoms with Crippen LogP contribution in [-0.2, 0) is 4.74 Å². The first-order chi connectivity index (χ1) is 46.9. The minimum atomic E-state index is -0.381. The van der Waals surface area contributed by atoms with E-state index in [2.05, 4.69) is 136 Å². The van der Waals surface area contributed by atoms with Gasteiger partial charge >= 0.3 is 5.97 Å². The number of methoxy groups -OCH3 is 1. The number of halogens is 3. The Hall–Kier alpha value is -9.82. The maximum absolute atomic E-state index is 14.8. The fourth-order valence-corrected chi connectivity index (χ4v) is 16.5. The van der Waals surface area contributed by atoms with E-state index in [1.807, 2.05) is 36.7 Å². The number of para-hydroxylation sites is 1. The molecule has 0 unspecified atom stereocenters. The number of aromatic nitrogens is 9. The molecule has 0 saturated heterocycles. The van der Waals surface area contributed by atoms with Crippen molar-refractivity contribution < 1.29 is 22.7 Å². The lowest BCUT2D eigenvalue weighted by Crippen LogP contribution is -2.19. The first kappa shape index (κ1) is 62.3. The predicted molar refractivity (Wildman–Crippen MR) is 379 cm³/mol. The molecule has 3 N–H and O–H groups in total. The van der Waals surface area contributed by atoms with Crippen LogP contribution in [0.25, 0.3) is 87.4 Å². The third kappa shape index (κ3) is 12.2. The second-order valence-electron chi connectivity index (χ2n) is 27.3. The van der Waals surface area contributed by atoms with Gasteiger partial charge in [0.05, 0.1) is 56.8 Å². The summed E-state index contributed by atoms with van der Waals surface area (Å²) in [6.45, 7) is 6.80. The van der Waals surface area contributed by atoms with Crippen LogP contribution in [0.4, 0.5) is 13.2 Å². The van der Waals surface area contributed by atoms with Crippen molar-refractivity contribution in [1.82, 2.24) is 44.9 Å². The summed E-state index contributed by atoms with van der Waals surface area (Å²) >= 11 is 0. The maximum atomic E-state index is 14.8. The van der Waals surface area contributed by atoms with Crippen molar-refractivity contribution >= 4 is 93.3 Å². The molecule has 0 bridgehead atoms. The molecule has 96 heavy (non-hydrogen) atoms. The molecule has 0 radical (unpaired) electrons. The molecule has 6 aromatic heterocycles. The van der Waals surface area contributed by atoms with Gasteiger partial charge in [0.25, 0.3) is 0 Å². The van der Waals surface area contributed by atoms with Crippen molar-refractivity contribution in [3.8, 4) is 0 Å². The van der Waals surface area contributed by atoms with Gasteiger partial charge in [0.15, 0.2) is 0 Å². The highest BCUT2D eigenvalue weighted by Gasteiger charge is 2.34. The fourth-order valence-electron chi connectivity index (χ4n) is 16.5. The molecule has 0 spiro atoms. The van der Waals surface area contributed by atoms with E-state index in [0.717, 1.165) is 160 Å². The molecule has 0 aliphatic heterocycles. The number of pyridine rings is 3. The van der Waals surface area contributed by atoms with Crippen LogP contribution in [0.1, 0.15) is 178 Å². The Morgan fingerprint density at radius 1 is 0.417 bits per heavy atom. The molecule has 3 fully saturated rings. The number of rotatable bonds is 10. The molecule has 0 amide bonds. The van der Waals surface area contributed by atoms with E-state index in [-0.39, 0.29) is 35.3 Å². The van der Waals surface area contributed by atoms with Crippen molar-refractivity contribution in [1.29, 1.82) is 0 Å². The fraction of sp³-hybridized carbons (Fsp3) is 0.305. The number of H-pyrrole nitrogens is 3. The Bertz CT molecular complexity index is 4950. The Morgan fingerprint density at radius 3 is 1.34 bits per heavy atom. The summed E-state index contributed by atoms with van der Waals surface area (Å²) in [5, 5.41) is 7.73. The van der Waals surface area contributed by atoms with E-state index in [9.17, 15) is 18.0 Å². The molecule has 3 aliphatic rings. The number of esters is 1. The van der Waals surface area contributed by atoms with Crippen LogP contribution < -0.4 is 0 Å². The topological polar surface area (TPSA) is 151 Å². The number of imidazole rings is 3. The van der Waals surface area contributed by atoms with Gasteiger partial charge in [-0.3, -0.25) is 15.0 Å². The average Bonchev–Trinajstić information content (AvgIpc) is 1.53. The number of nitrogens with one attached hydrogen (secondary N) is 3. The molecule has 14 heteroatoms. The summed E-state index contributed by atoms with van der Waals surface area (Å²) in [5.41, 5.74) is 12.3. The zero-order chi connectivity index (χ0) is 65.6. The third-order valence-corrected chi connectivity index (χ3v) is 22.0. The number of nitrogens with zero attached hydrogens (tertiary/aromatic N) is 6. The number of aromatic amines is 3. The van der Waals surface area contributed by atoms with E-state index < -0.39 is 0 Å². The largest absolute Gasteiger partial charge is 0.465 e. The molecule has 3 atom stereocenters. The Balaban J connectivity index is 0.000000118. The van der Waals surface area contributed by atoms with Crippen LogP contribution in [0, 0.1) is 35.2 Å². The average molecular weight is 1280 g/mol. The third-order valence-electron chi connectivity index (χ3n) is 22.0. The summed E-state index contributed by atoms with van der Waals surface area (Å²) in [6.07, 6.45) is 18.5. The first-order valence-electron chi connectivity index (χ1n) is 34.3. The van der Waals surface area contributed by atoms with Crippen molar-refractivity contribution in [3.63, 3.8) is 0 Å². The molecule has 8 aromatic carbocycles. The van der Waals surface area contributed by atoms with Crippen molar-refractivity contribution in [3.05, 3.63) is 240 Å². The van der Waals surface area contributed by atoms with Gasteiger partial charge in [-0.1, -0.05) is 93.6 Å². The highest BCUT2D eigenvalue weighted by molar-refractivity contribution is 6.05. The minimum absolute atomic E-state index is 0.130. The zero-order valence-corrected chi connectivity index (χ0v) is 54.6. The molecule has 484 valence electrons. The predicted octanol–water partition coefficient (Wildman–Crippen LogP) is 21.1. The van der Waals surface area contributed by atoms with Gasteiger partial charge in [0, 0.05) is 68.8 Å². The zero-order valence-electron chi connectivity index (χ0n) is 54.6. The summed E-state index contributed by atoms with van der Waals surface area (Å²) in [7, 11) is 1.38. The molecular weight excluding hydrogens is 1200 g/mol. The number of ether oxygens (including phenoxy) is 1. The van der Waals surface area contributed by atoms with E-state index in [1.54, 1.807) is 48.7 Å². The normalized spacial score (nSPS) is 20.1. The van der Waals surface area contributed by atoms with Crippen LogP contribution in [0.2, 0.25) is 0 Å². The summed E-state index contributed by atoms with van der Waals surface area (Å²) in [4.78, 5) is 50.8. The second-order valence-corrected chi connectivity index (χ2v) is 27.3. The lowest BCUT2D eigenvalue weighted by Gasteiger charge is -2.32. The van der Waals surface area contributed by atoms with Gasteiger partial charge in [-0.2, -0.15) is 0 Å². The molecule has 11 nitrogen and oxygen atoms in total. The number of benzene rings is 8. The molecule has 17 rings (SSSR count). The smallest absolute Gasteiger partial charge is 0.340 e. The highest BCUT2D eigenvalue weighted by Crippen LogP contribution is 2.47. The van der Waals surface area contributed by atoms with E-state index in [4.69, 9.17) is 19.7 Å². The summed E-state index contributed by atoms with van der Waals surface area (Å²) in [5.74, 6) is 5.95. The lowest BCUT2D eigenvalue weighted by atomic mass is 9.73. The van der Waals surface area contributed by atoms with Crippen LogP contribution in [0.3, 0.4) is 0 Å².